The number of alkyl carbamates (subject to hydrolysis) is 1. The van der Waals surface area contributed by atoms with Gasteiger partial charge in [0.25, 0.3) is 0 Å². The molecule has 3 atom stereocenters. The first-order valence-corrected chi connectivity index (χ1v) is 12.1. The van der Waals surface area contributed by atoms with Crippen LogP contribution in [0.5, 0.6) is 0 Å². The van der Waals surface area contributed by atoms with Crippen molar-refractivity contribution >= 4 is 18.0 Å². The highest BCUT2D eigenvalue weighted by Crippen LogP contribution is 2.44. The summed E-state index contributed by atoms with van der Waals surface area (Å²) in [4.78, 5) is 36.6. The highest BCUT2D eigenvalue weighted by molar-refractivity contribution is 5.80. The normalized spacial score (nSPS) is 19.7. The highest BCUT2D eigenvalue weighted by atomic mass is 16.5. The van der Waals surface area contributed by atoms with Crippen LogP contribution in [-0.4, -0.2) is 41.8 Å². The molecule has 0 aliphatic heterocycles. The average Bonchev–Trinajstić information content (AvgIpc) is 3.40. The van der Waals surface area contributed by atoms with Crippen LogP contribution in [0, 0.1) is 5.92 Å². The lowest BCUT2D eigenvalue weighted by molar-refractivity contribution is -0.142. The van der Waals surface area contributed by atoms with Gasteiger partial charge >= 0.3 is 12.1 Å². The van der Waals surface area contributed by atoms with E-state index < -0.39 is 18.0 Å². The Balaban J connectivity index is 1.33. The Bertz CT molecular complexity index is 1010. The van der Waals surface area contributed by atoms with Gasteiger partial charge in [0.1, 0.15) is 6.61 Å². The Labute approximate surface area is 199 Å². The molecule has 0 radical (unpaired) electrons. The minimum absolute atomic E-state index is 0.0265. The lowest BCUT2D eigenvalue weighted by atomic mass is 9.98. The summed E-state index contributed by atoms with van der Waals surface area (Å²) in [5.41, 5.74) is 4.62. The third-order valence-corrected chi connectivity index (χ3v) is 6.91. The molecule has 0 bridgehead atoms. The quantitative estimate of drug-likeness (QED) is 0.508. The molecule has 34 heavy (non-hydrogen) atoms. The summed E-state index contributed by atoms with van der Waals surface area (Å²) in [5.74, 6) is -1.68. The summed E-state index contributed by atoms with van der Waals surface area (Å²) in [7, 11) is 0. The number of ether oxygens (including phenoxy) is 1. The second-order valence-corrected chi connectivity index (χ2v) is 9.21. The maximum Gasteiger partial charge on any atom is 0.407 e. The Morgan fingerprint density at radius 2 is 1.68 bits per heavy atom. The standard InChI is InChI=1S/C27H32N2O5/c1-2-8-17(15-25(30)29-24-14-7-13-22(24)26(31)32)28-27(33)34-16-23-20-11-5-3-9-18(20)19-10-4-6-12-21(19)23/h3-6,9-12,17,22-24H,2,7-8,13-16H2,1H3,(H,28,33)(H,29,30)(H,31,32)/t17?,22-,24+/m1/s1. The molecule has 0 aromatic heterocycles. The van der Waals surface area contributed by atoms with Gasteiger partial charge in [-0.25, -0.2) is 4.79 Å². The van der Waals surface area contributed by atoms with Crippen molar-refractivity contribution in [3.63, 3.8) is 0 Å². The van der Waals surface area contributed by atoms with Crippen LogP contribution in [0.25, 0.3) is 11.1 Å². The molecule has 7 heteroatoms. The number of aliphatic carboxylic acids is 1. The molecule has 2 amide bonds. The number of carbonyl (C=O) groups is 3. The fourth-order valence-electron chi connectivity index (χ4n) is 5.30. The van der Waals surface area contributed by atoms with E-state index in [0.29, 0.717) is 19.3 Å². The zero-order valence-corrected chi connectivity index (χ0v) is 19.5. The Morgan fingerprint density at radius 1 is 1.03 bits per heavy atom. The van der Waals surface area contributed by atoms with Crippen LogP contribution in [0.15, 0.2) is 48.5 Å². The van der Waals surface area contributed by atoms with Crippen molar-refractivity contribution in [1.82, 2.24) is 10.6 Å². The molecule has 1 saturated carbocycles. The van der Waals surface area contributed by atoms with Crippen LogP contribution in [0.3, 0.4) is 0 Å². The molecule has 2 aliphatic carbocycles. The van der Waals surface area contributed by atoms with E-state index in [9.17, 15) is 19.5 Å². The van der Waals surface area contributed by atoms with Crippen LogP contribution in [0.4, 0.5) is 4.79 Å². The van der Waals surface area contributed by atoms with Crippen LogP contribution < -0.4 is 10.6 Å². The third-order valence-electron chi connectivity index (χ3n) is 6.91. The number of benzene rings is 2. The maximum atomic E-state index is 12.6. The predicted octanol–water partition coefficient (Wildman–Crippen LogP) is 4.45. The molecule has 0 heterocycles. The van der Waals surface area contributed by atoms with Crippen LogP contribution in [-0.2, 0) is 14.3 Å². The van der Waals surface area contributed by atoms with Crippen LogP contribution in [0.2, 0.25) is 0 Å². The second-order valence-electron chi connectivity index (χ2n) is 9.21. The maximum absolute atomic E-state index is 12.6. The van der Waals surface area contributed by atoms with E-state index in [1.54, 1.807) is 0 Å². The van der Waals surface area contributed by atoms with E-state index in [4.69, 9.17) is 4.74 Å². The molecule has 2 aliphatic rings. The van der Waals surface area contributed by atoms with Crippen molar-refractivity contribution in [2.24, 2.45) is 5.92 Å². The molecule has 180 valence electrons. The lowest BCUT2D eigenvalue weighted by Crippen LogP contribution is -2.44. The van der Waals surface area contributed by atoms with E-state index >= 15 is 0 Å². The molecule has 2 aromatic rings. The summed E-state index contributed by atoms with van der Waals surface area (Å²) < 4.78 is 5.62. The van der Waals surface area contributed by atoms with Gasteiger partial charge in [0.05, 0.1) is 5.92 Å². The first-order valence-electron chi connectivity index (χ1n) is 12.1. The van der Waals surface area contributed by atoms with E-state index in [0.717, 1.165) is 24.0 Å². The van der Waals surface area contributed by atoms with Gasteiger partial charge in [-0.2, -0.15) is 0 Å². The van der Waals surface area contributed by atoms with Crippen molar-refractivity contribution in [3.8, 4) is 11.1 Å². The molecule has 7 nitrogen and oxygen atoms in total. The summed E-state index contributed by atoms with van der Waals surface area (Å²) in [6.45, 7) is 2.20. The first kappa shape index (κ1) is 23.8. The molecular weight excluding hydrogens is 432 g/mol. The van der Waals surface area contributed by atoms with Gasteiger partial charge in [0, 0.05) is 24.4 Å². The van der Waals surface area contributed by atoms with Gasteiger partial charge in [-0.05, 0) is 41.5 Å². The van der Waals surface area contributed by atoms with Crippen molar-refractivity contribution in [2.75, 3.05) is 6.61 Å². The summed E-state index contributed by atoms with van der Waals surface area (Å²) in [5, 5.41) is 15.0. The van der Waals surface area contributed by atoms with E-state index in [-0.39, 0.29) is 36.9 Å². The average molecular weight is 465 g/mol. The number of rotatable bonds is 9. The molecule has 0 spiro atoms. The fourth-order valence-corrected chi connectivity index (χ4v) is 5.30. The molecule has 2 aromatic carbocycles. The molecule has 0 saturated heterocycles. The number of amides is 2. The molecular formula is C27H32N2O5. The van der Waals surface area contributed by atoms with Gasteiger partial charge < -0.3 is 20.5 Å². The summed E-state index contributed by atoms with van der Waals surface area (Å²) >= 11 is 0. The number of fused-ring (bicyclic) bond motifs is 3. The SMILES string of the molecule is CCCC(CC(=O)N[C@H]1CCC[C@H]1C(=O)O)NC(=O)OCC1c2ccccc2-c2ccccc21. The number of carboxylic acid groups (broad SMARTS) is 1. The monoisotopic (exact) mass is 464 g/mol. The lowest BCUT2D eigenvalue weighted by Gasteiger charge is -2.22. The summed E-state index contributed by atoms with van der Waals surface area (Å²) in [6.07, 6.45) is 3.02. The van der Waals surface area contributed by atoms with Gasteiger partial charge in [-0.3, -0.25) is 9.59 Å². The minimum atomic E-state index is -0.871. The Morgan fingerprint density at radius 3 is 2.29 bits per heavy atom. The zero-order valence-electron chi connectivity index (χ0n) is 19.5. The first-order chi connectivity index (χ1) is 16.5. The van der Waals surface area contributed by atoms with Crippen molar-refractivity contribution in [3.05, 3.63) is 59.7 Å². The van der Waals surface area contributed by atoms with E-state index in [1.165, 1.54) is 11.1 Å². The largest absolute Gasteiger partial charge is 0.481 e. The number of carbonyl (C=O) groups excluding carboxylic acids is 2. The van der Waals surface area contributed by atoms with E-state index in [1.807, 2.05) is 31.2 Å². The van der Waals surface area contributed by atoms with Gasteiger partial charge in [0.2, 0.25) is 5.91 Å². The van der Waals surface area contributed by atoms with E-state index in [2.05, 4.69) is 34.9 Å². The van der Waals surface area contributed by atoms with Crippen molar-refractivity contribution in [2.45, 2.75) is 63.5 Å². The third kappa shape index (κ3) is 5.24. The van der Waals surface area contributed by atoms with Gasteiger partial charge in [-0.15, -0.1) is 0 Å². The van der Waals surface area contributed by atoms with Gasteiger partial charge in [0.15, 0.2) is 0 Å². The number of nitrogens with one attached hydrogen (secondary N) is 2. The second kappa shape index (κ2) is 10.7. The smallest absolute Gasteiger partial charge is 0.407 e. The van der Waals surface area contributed by atoms with Crippen molar-refractivity contribution in [1.29, 1.82) is 0 Å². The number of hydrogen-bond acceptors (Lipinski definition) is 4. The molecule has 3 N–H and O–H groups in total. The Hall–Kier alpha value is -3.35. The molecule has 4 rings (SSSR count). The molecule has 1 fully saturated rings. The number of carboxylic acids is 1. The zero-order chi connectivity index (χ0) is 24.1. The minimum Gasteiger partial charge on any atom is -0.481 e. The summed E-state index contributed by atoms with van der Waals surface area (Å²) in [6, 6.07) is 15.6. The van der Waals surface area contributed by atoms with Gasteiger partial charge in [-0.1, -0.05) is 68.3 Å². The topological polar surface area (TPSA) is 105 Å². The number of hydrogen-bond donors (Lipinski definition) is 3. The predicted molar refractivity (Wildman–Crippen MR) is 128 cm³/mol. The highest BCUT2D eigenvalue weighted by Gasteiger charge is 2.34. The van der Waals surface area contributed by atoms with Crippen LogP contribution >= 0.6 is 0 Å². The fraction of sp³-hybridized carbons (Fsp3) is 0.444. The molecule has 1 unspecified atom stereocenters. The Kier molecular flexibility index (Phi) is 7.50. The van der Waals surface area contributed by atoms with Crippen LogP contribution in [0.1, 0.15) is 62.5 Å². The van der Waals surface area contributed by atoms with Crippen molar-refractivity contribution < 1.29 is 24.2 Å².